The molecule has 0 bridgehead atoms. The maximum atomic E-state index is 12.4. The van der Waals surface area contributed by atoms with Crippen LogP contribution in [0.15, 0.2) is 12.1 Å². The van der Waals surface area contributed by atoms with Crippen LogP contribution < -0.4 is 20.1 Å². The zero-order chi connectivity index (χ0) is 15.4. The first-order chi connectivity index (χ1) is 10.0. The second-order valence-electron chi connectivity index (χ2n) is 5.25. The van der Waals surface area contributed by atoms with Gasteiger partial charge in [-0.25, -0.2) is 0 Å². The summed E-state index contributed by atoms with van der Waals surface area (Å²) in [5.41, 5.74) is 0.579. The SMILES string of the molecule is COc1cc(NC(=O)[C@H]2CCN[C@@H](C)C2)c(OC)cc1Cl. The molecule has 0 spiro atoms. The molecule has 5 nitrogen and oxygen atoms in total. The Morgan fingerprint density at radius 3 is 2.67 bits per heavy atom. The summed E-state index contributed by atoms with van der Waals surface area (Å²) in [5, 5.41) is 6.71. The molecule has 0 radical (unpaired) electrons. The quantitative estimate of drug-likeness (QED) is 0.897. The summed E-state index contributed by atoms with van der Waals surface area (Å²) in [5.74, 6) is 1.04. The number of anilines is 1. The average Bonchev–Trinajstić information content (AvgIpc) is 2.48. The summed E-state index contributed by atoms with van der Waals surface area (Å²) in [4.78, 5) is 12.4. The number of carbonyl (C=O) groups is 1. The van der Waals surface area contributed by atoms with E-state index in [4.69, 9.17) is 21.1 Å². The molecule has 0 aliphatic carbocycles. The van der Waals surface area contributed by atoms with E-state index in [0.29, 0.717) is 28.3 Å². The van der Waals surface area contributed by atoms with Gasteiger partial charge in [0.2, 0.25) is 5.91 Å². The van der Waals surface area contributed by atoms with Crippen LogP contribution in [0.1, 0.15) is 19.8 Å². The topological polar surface area (TPSA) is 59.6 Å². The van der Waals surface area contributed by atoms with E-state index < -0.39 is 0 Å². The van der Waals surface area contributed by atoms with Gasteiger partial charge in [0, 0.05) is 24.1 Å². The Morgan fingerprint density at radius 1 is 1.33 bits per heavy atom. The van der Waals surface area contributed by atoms with Crippen molar-refractivity contribution in [2.45, 2.75) is 25.8 Å². The van der Waals surface area contributed by atoms with Crippen molar-refractivity contribution in [1.29, 1.82) is 0 Å². The highest BCUT2D eigenvalue weighted by molar-refractivity contribution is 6.32. The van der Waals surface area contributed by atoms with Crippen LogP contribution in [0.5, 0.6) is 11.5 Å². The maximum absolute atomic E-state index is 12.4. The molecule has 0 aromatic heterocycles. The van der Waals surface area contributed by atoms with Crippen molar-refractivity contribution < 1.29 is 14.3 Å². The smallest absolute Gasteiger partial charge is 0.227 e. The minimum Gasteiger partial charge on any atom is -0.495 e. The first-order valence-corrected chi connectivity index (χ1v) is 7.38. The number of nitrogens with one attached hydrogen (secondary N) is 2. The minimum atomic E-state index is 0.00558. The summed E-state index contributed by atoms with van der Waals surface area (Å²) in [6.07, 6.45) is 1.67. The molecule has 1 heterocycles. The van der Waals surface area contributed by atoms with Crippen molar-refractivity contribution >= 4 is 23.2 Å². The first-order valence-electron chi connectivity index (χ1n) is 7.01. The summed E-state index contributed by atoms with van der Waals surface area (Å²) >= 11 is 6.06. The van der Waals surface area contributed by atoms with Gasteiger partial charge in [-0.2, -0.15) is 0 Å². The molecule has 2 N–H and O–H groups in total. The Balaban J connectivity index is 2.16. The van der Waals surface area contributed by atoms with E-state index in [2.05, 4.69) is 17.6 Å². The monoisotopic (exact) mass is 312 g/mol. The van der Waals surface area contributed by atoms with Gasteiger partial charge in [-0.1, -0.05) is 11.6 Å². The Bertz CT molecular complexity index is 522. The maximum Gasteiger partial charge on any atom is 0.227 e. The number of benzene rings is 1. The van der Waals surface area contributed by atoms with Gasteiger partial charge in [0.1, 0.15) is 11.5 Å². The van der Waals surface area contributed by atoms with Crippen LogP contribution in [0.2, 0.25) is 5.02 Å². The summed E-state index contributed by atoms with van der Waals surface area (Å²) in [6, 6.07) is 3.68. The van der Waals surface area contributed by atoms with Crippen LogP contribution in [0.3, 0.4) is 0 Å². The van der Waals surface area contributed by atoms with Gasteiger partial charge in [0.05, 0.1) is 24.9 Å². The summed E-state index contributed by atoms with van der Waals surface area (Å²) in [6.45, 7) is 2.95. The number of carbonyl (C=O) groups excluding carboxylic acids is 1. The minimum absolute atomic E-state index is 0.00558. The number of rotatable bonds is 4. The van der Waals surface area contributed by atoms with Gasteiger partial charge in [-0.05, 0) is 26.3 Å². The third kappa shape index (κ3) is 3.80. The van der Waals surface area contributed by atoms with E-state index in [1.807, 2.05) is 0 Å². The molecule has 1 fully saturated rings. The molecule has 1 aliphatic heterocycles. The summed E-state index contributed by atoms with van der Waals surface area (Å²) < 4.78 is 10.4. The van der Waals surface area contributed by atoms with Crippen LogP contribution in [-0.2, 0) is 4.79 Å². The van der Waals surface area contributed by atoms with Crippen molar-refractivity contribution in [1.82, 2.24) is 5.32 Å². The zero-order valence-corrected chi connectivity index (χ0v) is 13.3. The lowest BCUT2D eigenvalue weighted by atomic mass is 9.92. The van der Waals surface area contributed by atoms with Gasteiger partial charge in [0.15, 0.2) is 0 Å². The Labute approximate surface area is 130 Å². The number of ether oxygens (including phenoxy) is 2. The molecule has 0 saturated carbocycles. The summed E-state index contributed by atoms with van der Waals surface area (Å²) in [7, 11) is 3.08. The second kappa shape index (κ2) is 7.00. The fourth-order valence-electron chi connectivity index (χ4n) is 2.56. The van der Waals surface area contributed by atoms with Crippen LogP contribution in [0, 0.1) is 5.92 Å². The molecule has 116 valence electrons. The number of methoxy groups -OCH3 is 2. The number of piperidine rings is 1. The average molecular weight is 313 g/mol. The molecule has 1 saturated heterocycles. The Hall–Kier alpha value is -1.46. The number of hydrogen-bond donors (Lipinski definition) is 2. The predicted molar refractivity (Wildman–Crippen MR) is 83.4 cm³/mol. The number of halogens is 1. The molecule has 1 amide bonds. The third-order valence-electron chi connectivity index (χ3n) is 3.73. The highest BCUT2D eigenvalue weighted by Crippen LogP contribution is 2.36. The highest BCUT2D eigenvalue weighted by atomic mass is 35.5. The van der Waals surface area contributed by atoms with Gasteiger partial charge < -0.3 is 20.1 Å². The fourth-order valence-corrected chi connectivity index (χ4v) is 2.79. The van der Waals surface area contributed by atoms with Crippen molar-refractivity contribution in [2.75, 3.05) is 26.1 Å². The molecule has 1 aliphatic rings. The van der Waals surface area contributed by atoms with Crippen LogP contribution in [-0.4, -0.2) is 32.7 Å². The Morgan fingerprint density at radius 2 is 2.05 bits per heavy atom. The largest absolute Gasteiger partial charge is 0.495 e. The van der Waals surface area contributed by atoms with Crippen molar-refractivity contribution in [2.24, 2.45) is 5.92 Å². The molecule has 2 atom stereocenters. The molecule has 1 aromatic rings. The Kier molecular flexibility index (Phi) is 5.31. The second-order valence-corrected chi connectivity index (χ2v) is 5.66. The van der Waals surface area contributed by atoms with Gasteiger partial charge in [-0.3, -0.25) is 4.79 Å². The van der Waals surface area contributed by atoms with E-state index in [9.17, 15) is 4.79 Å². The molecule has 1 aromatic carbocycles. The fraction of sp³-hybridized carbons (Fsp3) is 0.533. The van der Waals surface area contributed by atoms with E-state index >= 15 is 0 Å². The highest BCUT2D eigenvalue weighted by Gasteiger charge is 2.25. The van der Waals surface area contributed by atoms with E-state index in [1.54, 1.807) is 19.2 Å². The van der Waals surface area contributed by atoms with Gasteiger partial charge in [0.25, 0.3) is 0 Å². The molecule has 2 rings (SSSR count). The van der Waals surface area contributed by atoms with Crippen molar-refractivity contribution in [3.05, 3.63) is 17.2 Å². The van der Waals surface area contributed by atoms with Crippen LogP contribution >= 0.6 is 11.6 Å². The molecule has 21 heavy (non-hydrogen) atoms. The molecular formula is C15H21ClN2O3. The van der Waals surface area contributed by atoms with E-state index in [1.165, 1.54) is 7.11 Å². The van der Waals surface area contributed by atoms with Crippen molar-refractivity contribution in [3.63, 3.8) is 0 Å². The van der Waals surface area contributed by atoms with Crippen LogP contribution in [0.25, 0.3) is 0 Å². The van der Waals surface area contributed by atoms with Crippen molar-refractivity contribution in [3.8, 4) is 11.5 Å². The lowest BCUT2D eigenvalue weighted by Gasteiger charge is -2.27. The van der Waals surface area contributed by atoms with E-state index in [-0.39, 0.29) is 11.8 Å². The molecular weight excluding hydrogens is 292 g/mol. The number of hydrogen-bond acceptors (Lipinski definition) is 4. The van der Waals surface area contributed by atoms with Crippen LogP contribution in [0.4, 0.5) is 5.69 Å². The first kappa shape index (κ1) is 15.9. The third-order valence-corrected chi connectivity index (χ3v) is 4.02. The normalized spacial score (nSPS) is 21.7. The molecule has 0 unspecified atom stereocenters. The van der Waals surface area contributed by atoms with E-state index in [0.717, 1.165) is 19.4 Å². The zero-order valence-electron chi connectivity index (χ0n) is 12.5. The lowest BCUT2D eigenvalue weighted by Crippen LogP contribution is -2.40. The predicted octanol–water partition coefficient (Wildman–Crippen LogP) is 2.68. The van der Waals surface area contributed by atoms with Gasteiger partial charge >= 0.3 is 0 Å². The standard InChI is InChI=1S/C15H21ClN2O3/c1-9-6-10(4-5-17-9)15(19)18-12-8-13(20-2)11(16)7-14(12)21-3/h7-10,17H,4-6H2,1-3H3,(H,18,19)/t9-,10-/m0/s1. The molecule has 6 heteroatoms. The number of amides is 1. The van der Waals surface area contributed by atoms with Gasteiger partial charge in [-0.15, -0.1) is 0 Å². The lowest BCUT2D eigenvalue weighted by molar-refractivity contribution is -0.120.